The number of nitrogens with one attached hydrogen (secondary N) is 1. The van der Waals surface area contributed by atoms with E-state index in [0.29, 0.717) is 68.4 Å². The van der Waals surface area contributed by atoms with Gasteiger partial charge in [0.05, 0.1) is 43.4 Å². The van der Waals surface area contributed by atoms with E-state index in [4.69, 9.17) is 9.47 Å². The van der Waals surface area contributed by atoms with Crippen LogP contribution < -0.4 is 15.1 Å². The quantitative estimate of drug-likeness (QED) is 0.220. The van der Waals surface area contributed by atoms with Crippen LogP contribution in [0.25, 0.3) is 10.8 Å². The summed E-state index contributed by atoms with van der Waals surface area (Å²) >= 11 is 0. The number of likely N-dealkylation sites (tertiary alicyclic amines) is 1. The summed E-state index contributed by atoms with van der Waals surface area (Å²) in [7, 11) is -1.54. The summed E-state index contributed by atoms with van der Waals surface area (Å²) in [6.07, 6.45) is 6.27. The van der Waals surface area contributed by atoms with Gasteiger partial charge in [-0.1, -0.05) is 6.58 Å². The van der Waals surface area contributed by atoms with Crippen LogP contribution in [-0.2, 0) is 24.1 Å². The number of nitrogens with zero attached hydrogens (tertiary/aromatic N) is 8. The summed E-state index contributed by atoms with van der Waals surface area (Å²) in [6, 6.07) is 3.24. The van der Waals surface area contributed by atoms with Crippen molar-refractivity contribution in [2.24, 2.45) is 5.92 Å². The normalized spacial score (nSPS) is 24.5. The molecule has 1 amide bonds. The third kappa shape index (κ3) is 7.20. The fourth-order valence-corrected chi connectivity index (χ4v) is 7.96. The molecular formula is C32H42FN9O5S. The largest absolute Gasteiger partial charge is 0.382 e. The van der Waals surface area contributed by atoms with Crippen LogP contribution in [0, 0.1) is 5.92 Å². The lowest BCUT2D eigenvalue weighted by atomic mass is 9.91. The van der Waals surface area contributed by atoms with Gasteiger partial charge >= 0.3 is 0 Å². The number of anilines is 4. The van der Waals surface area contributed by atoms with Crippen molar-refractivity contribution in [3.8, 4) is 0 Å². The van der Waals surface area contributed by atoms with E-state index in [1.807, 2.05) is 17.9 Å². The van der Waals surface area contributed by atoms with Gasteiger partial charge in [-0.05, 0) is 44.4 Å². The van der Waals surface area contributed by atoms with Crippen LogP contribution in [0.15, 0.2) is 37.2 Å². The molecule has 3 fully saturated rings. The number of aromatic nitrogens is 5. The number of sulfone groups is 1. The minimum atomic E-state index is -3.13. The van der Waals surface area contributed by atoms with Crippen molar-refractivity contribution < 1.29 is 27.1 Å². The molecule has 0 aliphatic carbocycles. The van der Waals surface area contributed by atoms with Gasteiger partial charge in [0, 0.05) is 68.1 Å². The first-order chi connectivity index (χ1) is 23.1. The number of rotatable bonds is 12. The standard InChI is InChI=1S/C32H42FN9O5S/c1-5-29(43)41-11-6-7-25(41)30-22-15-28(35-16-23(22)31(39-38-30)42-17-21(20(42)2)19-48(4,44)45)36-27-8-10-34-32(37-27)40-12-9-26(24(33)18-40)47-14-13-46-3/h5,8,10,15-16,20-21,24-26H,1,6-7,9,11-14,17-19H2,2-4H3,(H,34,35,36,37)/t20-,21-,24+,25?,26-/m1/s1. The third-order valence-electron chi connectivity index (χ3n) is 9.38. The second-order valence-electron chi connectivity index (χ2n) is 12.7. The summed E-state index contributed by atoms with van der Waals surface area (Å²) in [4.78, 5) is 32.1. The molecule has 0 saturated carbocycles. The molecule has 3 aliphatic heterocycles. The topological polar surface area (TPSA) is 156 Å². The van der Waals surface area contributed by atoms with E-state index >= 15 is 0 Å². The van der Waals surface area contributed by atoms with Crippen molar-refractivity contribution in [1.82, 2.24) is 30.0 Å². The highest BCUT2D eigenvalue weighted by molar-refractivity contribution is 7.90. The van der Waals surface area contributed by atoms with E-state index in [1.54, 1.807) is 35.4 Å². The molecule has 14 nitrogen and oxygen atoms in total. The Labute approximate surface area is 279 Å². The monoisotopic (exact) mass is 683 g/mol. The summed E-state index contributed by atoms with van der Waals surface area (Å²) < 4.78 is 49.5. The number of carbonyl (C=O) groups excluding carboxylic acids is 1. The Morgan fingerprint density at radius 1 is 1.15 bits per heavy atom. The van der Waals surface area contributed by atoms with Gasteiger partial charge in [0.25, 0.3) is 0 Å². The van der Waals surface area contributed by atoms with Gasteiger partial charge < -0.3 is 29.5 Å². The van der Waals surface area contributed by atoms with E-state index in [2.05, 4.69) is 37.0 Å². The maximum absolute atomic E-state index is 15.0. The number of alkyl halides is 1. The van der Waals surface area contributed by atoms with Crippen LogP contribution in [0.5, 0.6) is 0 Å². The predicted molar refractivity (Wildman–Crippen MR) is 180 cm³/mol. The number of amides is 1. The van der Waals surface area contributed by atoms with Crippen molar-refractivity contribution in [2.75, 3.05) is 73.6 Å². The molecule has 16 heteroatoms. The third-order valence-corrected chi connectivity index (χ3v) is 10.4. The predicted octanol–water partition coefficient (Wildman–Crippen LogP) is 2.86. The average Bonchev–Trinajstić information content (AvgIpc) is 3.56. The number of piperidine rings is 1. The van der Waals surface area contributed by atoms with E-state index in [1.165, 1.54) is 12.3 Å². The lowest BCUT2D eigenvalue weighted by Crippen LogP contribution is -2.57. The van der Waals surface area contributed by atoms with Gasteiger partial charge in [0.1, 0.15) is 27.6 Å². The summed E-state index contributed by atoms with van der Waals surface area (Å²) in [5.74, 6) is 1.90. The number of methoxy groups -OCH3 is 1. The minimum absolute atomic E-state index is 0.0189. The fourth-order valence-electron chi connectivity index (χ4n) is 6.80. The van der Waals surface area contributed by atoms with Crippen molar-refractivity contribution in [3.05, 3.63) is 42.9 Å². The van der Waals surface area contributed by atoms with Crippen LogP contribution in [-0.4, -0.2) is 121 Å². The molecule has 5 atom stereocenters. The van der Waals surface area contributed by atoms with E-state index < -0.39 is 22.1 Å². The smallest absolute Gasteiger partial charge is 0.246 e. The first-order valence-corrected chi connectivity index (χ1v) is 18.3. The second kappa shape index (κ2) is 14.2. The van der Waals surface area contributed by atoms with Gasteiger partial charge in [0.15, 0.2) is 5.82 Å². The van der Waals surface area contributed by atoms with E-state index in [0.717, 1.165) is 23.6 Å². The van der Waals surface area contributed by atoms with Crippen molar-refractivity contribution >= 4 is 49.9 Å². The summed E-state index contributed by atoms with van der Waals surface area (Å²) in [5, 5.41) is 14.1. The number of halogens is 1. The average molecular weight is 684 g/mol. The molecule has 3 saturated heterocycles. The van der Waals surface area contributed by atoms with Crippen LogP contribution in [0.4, 0.5) is 27.8 Å². The first-order valence-electron chi connectivity index (χ1n) is 16.2. The highest BCUT2D eigenvalue weighted by Gasteiger charge is 2.40. The van der Waals surface area contributed by atoms with Crippen LogP contribution in [0.1, 0.15) is 37.9 Å². The molecule has 258 valence electrons. The number of fused-ring (bicyclic) bond motifs is 1. The van der Waals surface area contributed by atoms with Gasteiger partial charge in [0.2, 0.25) is 11.9 Å². The Balaban J connectivity index is 1.27. The molecule has 0 aromatic carbocycles. The Kier molecular flexibility index (Phi) is 10.0. The number of hydrogen-bond donors (Lipinski definition) is 1. The van der Waals surface area contributed by atoms with E-state index in [-0.39, 0.29) is 36.2 Å². The molecule has 6 rings (SSSR count). The van der Waals surface area contributed by atoms with Gasteiger partial charge in [-0.15, -0.1) is 5.10 Å². The molecule has 6 heterocycles. The molecule has 3 aromatic rings. The highest BCUT2D eigenvalue weighted by Crippen LogP contribution is 2.40. The van der Waals surface area contributed by atoms with Crippen molar-refractivity contribution in [3.63, 3.8) is 0 Å². The van der Waals surface area contributed by atoms with Crippen molar-refractivity contribution in [1.29, 1.82) is 0 Å². The second-order valence-corrected chi connectivity index (χ2v) is 14.9. The fraction of sp³-hybridized carbons (Fsp3) is 0.562. The number of pyridine rings is 1. The minimum Gasteiger partial charge on any atom is -0.382 e. The maximum Gasteiger partial charge on any atom is 0.246 e. The number of hydrogen-bond acceptors (Lipinski definition) is 13. The molecule has 48 heavy (non-hydrogen) atoms. The Morgan fingerprint density at radius 3 is 2.71 bits per heavy atom. The van der Waals surface area contributed by atoms with Crippen LogP contribution in [0.3, 0.4) is 0 Å². The lowest BCUT2D eigenvalue weighted by molar-refractivity contribution is -0.126. The number of carbonyl (C=O) groups is 1. The molecule has 0 spiro atoms. The molecule has 3 aliphatic rings. The summed E-state index contributed by atoms with van der Waals surface area (Å²) in [6.45, 7) is 8.19. The molecule has 0 radical (unpaired) electrons. The van der Waals surface area contributed by atoms with Crippen molar-refractivity contribution in [2.45, 2.75) is 50.5 Å². The van der Waals surface area contributed by atoms with E-state index in [9.17, 15) is 17.6 Å². The summed E-state index contributed by atoms with van der Waals surface area (Å²) in [5.41, 5.74) is 0.653. The lowest BCUT2D eigenvalue weighted by Gasteiger charge is -2.47. The van der Waals surface area contributed by atoms with Gasteiger partial charge in [-0.2, -0.15) is 10.1 Å². The molecule has 3 aromatic heterocycles. The Hall–Kier alpha value is -4.02. The Bertz CT molecular complexity index is 1760. The van der Waals surface area contributed by atoms with Crippen LogP contribution >= 0.6 is 0 Å². The molecule has 1 unspecified atom stereocenters. The van der Waals surface area contributed by atoms with Gasteiger partial charge in [-0.25, -0.2) is 22.8 Å². The molecular weight excluding hydrogens is 641 g/mol. The molecule has 0 bridgehead atoms. The first kappa shape index (κ1) is 33.9. The molecule has 1 N–H and O–H groups in total. The zero-order valence-electron chi connectivity index (χ0n) is 27.5. The van der Waals surface area contributed by atoms with Gasteiger partial charge in [-0.3, -0.25) is 4.79 Å². The van der Waals surface area contributed by atoms with Crippen LogP contribution in [0.2, 0.25) is 0 Å². The zero-order valence-corrected chi connectivity index (χ0v) is 28.3. The zero-order chi connectivity index (χ0) is 34.0. The SMILES string of the molecule is C=CC(=O)N1CCCC1c1nnc(N2C[C@H](CS(C)(=O)=O)[C@H]2C)c2cnc(Nc3ccnc(N4CC[C@@H](OCCOC)[C@@H](F)C4)n3)cc12. The highest BCUT2D eigenvalue weighted by atomic mass is 32.2. The Morgan fingerprint density at radius 2 is 1.98 bits per heavy atom. The number of ether oxygens (including phenoxy) is 2. The maximum atomic E-state index is 15.0.